The third-order valence-corrected chi connectivity index (χ3v) is 4.78. The summed E-state index contributed by atoms with van der Waals surface area (Å²) in [4.78, 5) is 1.51. The zero-order chi connectivity index (χ0) is 14.9. The Morgan fingerprint density at radius 2 is 2.10 bits per heavy atom. The number of hydrogen-bond donors (Lipinski definition) is 1. The molecule has 1 unspecified atom stereocenters. The molecule has 1 aromatic carbocycles. The fraction of sp³-hybridized carbons (Fsp3) is 0.474. The normalized spacial score (nSPS) is 12.5. The van der Waals surface area contributed by atoms with Crippen LogP contribution >= 0.6 is 11.3 Å². The molecule has 2 aromatic rings. The maximum Gasteiger partial charge on any atom is 0.00453 e. The smallest absolute Gasteiger partial charge is 0.00453 e. The summed E-state index contributed by atoms with van der Waals surface area (Å²) in [6.07, 6.45) is 4.87. The summed E-state index contributed by atoms with van der Waals surface area (Å²) in [6, 6.07) is 13.4. The average Bonchev–Trinajstić information content (AvgIpc) is 2.98. The highest BCUT2D eigenvalue weighted by molar-refractivity contribution is 7.09. The van der Waals surface area contributed by atoms with E-state index in [-0.39, 0.29) is 0 Å². The van der Waals surface area contributed by atoms with Crippen LogP contribution in [0.25, 0.3) is 0 Å². The van der Waals surface area contributed by atoms with Gasteiger partial charge < -0.3 is 5.32 Å². The lowest BCUT2D eigenvalue weighted by molar-refractivity contribution is 0.445. The van der Waals surface area contributed by atoms with Crippen molar-refractivity contribution in [2.45, 2.75) is 39.5 Å². The van der Waals surface area contributed by atoms with Crippen molar-refractivity contribution in [3.63, 3.8) is 0 Å². The second-order valence-corrected chi connectivity index (χ2v) is 6.91. The van der Waals surface area contributed by atoms with Gasteiger partial charge in [0.1, 0.15) is 0 Å². The number of hydrogen-bond acceptors (Lipinski definition) is 2. The van der Waals surface area contributed by atoms with Gasteiger partial charge in [-0.05, 0) is 68.6 Å². The summed E-state index contributed by atoms with van der Waals surface area (Å²) in [5.41, 5.74) is 2.84. The minimum Gasteiger partial charge on any atom is -0.316 e. The quantitative estimate of drug-likeness (QED) is 0.653. The molecule has 2 rings (SSSR count). The molecule has 1 aromatic heterocycles. The molecular weight excluding hydrogens is 274 g/mol. The number of nitrogens with one attached hydrogen (secondary N) is 1. The van der Waals surface area contributed by atoms with E-state index in [0.717, 1.165) is 19.0 Å². The SMILES string of the molecule is CCCNCC(CCc1cccs1)Cc1cccc(C)c1. The highest BCUT2D eigenvalue weighted by atomic mass is 32.1. The van der Waals surface area contributed by atoms with Crippen molar-refractivity contribution in [2.75, 3.05) is 13.1 Å². The Morgan fingerprint density at radius 1 is 1.19 bits per heavy atom. The summed E-state index contributed by atoms with van der Waals surface area (Å²) in [5, 5.41) is 5.78. The number of rotatable bonds is 9. The first-order valence-electron chi connectivity index (χ1n) is 8.06. The van der Waals surface area contributed by atoms with Gasteiger partial charge in [0, 0.05) is 4.88 Å². The predicted octanol–water partition coefficient (Wildman–Crippen LogP) is 4.85. The highest BCUT2D eigenvalue weighted by Crippen LogP contribution is 2.18. The standard InChI is InChI=1S/C19H27NS/c1-3-11-20-15-18(9-10-19-8-5-12-21-19)14-17-7-4-6-16(2)13-17/h4-8,12-13,18,20H,3,9-11,14-15H2,1-2H3. The van der Waals surface area contributed by atoms with Gasteiger partial charge in [-0.15, -0.1) is 11.3 Å². The van der Waals surface area contributed by atoms with Gasteiger partial charge in [-0.2, -0.15) is 0 Å². The van der Waals surface area contributed by atoms with Gasteiger partial charge in [-0.25, -0.2) is 0 Å². The predicted molar refractivity (Wildman–Crippen MR) is 94.2 cm³/mol. The third kappa shape index (κ3) is 6.03. The summed E-state index contributed by atoms with van der Waals surface area (Å²) < 4.78 is 0. The molecule has 0 aliphatic heterocycles. The number of benzene rings is 1. The molecular formula is C19H27NS. The van der Waals surface area contributed by atoms with Crippen molar-refractivity contribution >= 4 is 11.3 Å². The van der Waals surface area contributed by atoms with E-state index >= 15 is 0 Å². The number of aryl methyl sites for hydroxylation is 2. The van der Waals surface area contributed by atoms with Gasteiger partial charge in [0.25, 0.3) is 0 Å². The molecule has 2 heteroatoms. The fourth-order valence-corrected chi connectivity index (χ4v) is 3.46. The van der Waals surface area contributed by atoms with Gasteiger partial charge in [-0.1, -0.05) is 42.8 Å². The molecule has 0 amide bonds. The minimum atomic E-state index is 0.723. The van der Waals surface area contributed by atoms with Crippen LogP contribution < -0.4 is 5.32 Å². The van der Waals surface area contributed by atoms with Gasteiger partial charge >= 0.3 is 0 Å². The van der Waals surface area contributed by atoms with Crippen LogP contribution in [0.2, 0.25) is 0 Å². The Kier molecular flexibility index (Phi) is 6.98. The third-order valence-electron chi connectivity index (χ3n) is 3.85. The van der Waals surface area contributed by atoms with E-state index in [1.807, 2.05) is 11.3 Å². The van der Waals surface area contributed by atoms with Crippen LogP contribution in [0.15, 0.2) is 41.8 Å². The Hall–Kier alpha value is -1.12. The minimum absolute atomic E-state index is 0.723. The van der Waals surface area contributed by atoms with Gasteiger partial charge in [0.15, 0.2) is 0 Å². The molecule has 0 radical (unpaired) electrons. The maximum atomic E-state index is 3.60. The molecule has 1 heterocycles. The van der Waals surface area contributed by atoms with Gasteiger partial charge in [0.2, 0.25) is 0 Å². The Morgan fingerprint density at radius 3 is 2.81 bits per heavy atom. The lowest BCUT2D eigenvalue weighted by atomic mass is 9.93. The van der Waals surface area contributed by atoms with Crippen molar-refractivity contribution in [3.05, 3.63) is 57.8 Å². The Labute approximate surface area is 133 Å². The largest absolute Gasteiger partial charge is 0.316 e. The zero-order valence-corrected chi connectivity index (χ0v) is 14.1. The Balaban J connectivity index is 1.90. The summed E-state index contributed by atoms with van der Waals surface area (Å²) >= 11 is 1.88. The first-order chi connectivity index (χ1) is 10.3. The highest BCUT2D eigenvalue weighted by Gasteiger charge is 2.10. The van der Waals surface area contributed by atoms with E-state index in [1.165, 1.54) is 41.7 Å². The molecule has 114 valence electrons. The topological polar surface area (TPSA) is 12.0 Å². The van der Waals surface area contributed by atoms with Crippen LogP contribution in [0, 0.1) is 12.8 Å². The molecule has 21 heavy (non-hydrogen) atoms. The van der Waals surface area contributed by atoms with Crippen molar-refractivity contribution < 1.29 is 0 Å². The van der Waals surface area contributed by atoms with Crippen LogP contribution in [0.3, 0.4) is 0 Å². The maximum absolute atomic E-state index is 3.60. The molecule has 1 N–H and O–H groups in total. The lowest BCUT2D eigenvalue weighted by Crippen LogP contribution is -2.25. The Bertz CT molecular complexity index is 504. The molecule has 0 aliphatic rings. The van der Waals surface area contributed by atoms with Crippen LogP contribution in [-0.4, -0.2) is 13.1 Å². The molecule has 0 spiro atoms. The van der Waals surface area contributed by atoms with Crippen molar-refractivity contribution in [1.29, 1.82) is 0 Å². The number of thiophene rings is 1. The van der Waals surface area contributed by atoms with Crippen LogP contribution in [0.4, 0.5) is 0 Å². The van der Waals surface area contributed by atoms with E-state index in [2.05, 4.69) is 60.9 Å². The molecule has 0 fully saturated rings. The first-order valence-corrected chi connectivity index (χ1v) is 8.94. The van der Waals surface area contributed by atoms with Crippen molar-refractivity contribution in [3.8, 4) is 0 Å². The first kappa shape index (κ1) is 16.3. The van der Waals surface area contributed by atoms with Crippen molar-refractivity contribution in [1.82, 2.24) is 5.32 Å². The average molecular weight is 301 g/mol. The lowest BCUT2D eigenvalue weighted by Gasteiger charge is -2.18. The molecule has 0 saturated carbocycles. The monoisotopic (exact) mass is 301 g/mol. The molecule has 0 aliphatic carbocycles. The van der Waals surface area contributed by atoms with Crippen molar-refractivity contribution in [2.24, 2.45) is 5.92 Å². The van der Waals surface area contributed by atoms with E-state index in [0.29, 0.717) is 0 Å². The molecule has 1 atom stereocenters. The van der Waals surface area contributed by atoms with Crippen LogP contribution in [0.1, 0.15) is 35.8 Å². The van der Waals surface area contributed by atoms with E-state index < -0.39 is 0 Å². The molecule has 0 saturated heterocycles. The van der Waals surface area contributed by atoms with Crippen LogP contribution in [-0.2, 0) is 12.8 Å². The second kappa shape index (κ2) is 9.01. The van der Waals surface area contributed by atoms with E-state index in [9.17, 15) is 0 Å². The van der Waals surface area contributed by atoms with E-state index in [4.69, 9.17) is 0 Å². The molecule has 0 bridgehead atoms. The van der Waals surface area contributed by atoms with Gasteiger partial charge in [0.05, 0.1) is 0 Å². The van der Waals surface area contributed by atoms with Crippen LogP contribution in [0.5, 0.6) is 0 Å². The fourth-order valence-electron chi connectivity index (χ4n) is 2.73. The second-order valence-electron chi connectivity index (χ2n) is 5.88. The zero-order valence-electron chi connectivity index (χ0n) is 13.3. The molecule has 1 nitrogen and oxygen atoms in total. The summed E-state index contributed by atoms with van der Waals surface area (Å²) in [5.74, 6) is 0.723. The van der Waals surface area contributed by atoms with Gasteiger partial charge in [-0.3, -0.25) is 0 Å². The summed E-state index contributed by atoms with van der Waals surface area (Å²) in [6.45, 7) is 6.67. The van der Waals surface area contributed by atoms with E-state index in [1.54, 1.807) is 0 Å². The summed E-state index contributed by atoms with van der Waals surface area (Å²) in [7, 11) is 0.